The van der Waals surface area contributed by atoms with Gasteiger partial charge in [0.15, 0.2) is 0 Å². The maximum Gasteiger partial charge on any atom is 0.0701 e. The van der Waals surface area contributed by atoms with Crippen LogP contribution < -0.4 is 5.32 Å². The Morgan fingerprint density at radius 3 is 2.71 bits per heavy atom. The highest BCUT2D eigenvalue weighted by Gasteiger charge is 1.96. The van der Waals surface area contributed by atoms with Gasteiger partial charge in [-0.05, 0) is 60.4 Å². The third kappa shape index (κ3) is 5.13. The van der Waals surface area contributed by atoms with Gasteiger partial charge >= 0.3 is 0 Å². The lowest BCUT2D eigenvalue weighted by Gasteiger charge is -2.01. The van der Waals surface area contributed by atoms with E-state index in [1.54, 1.807) is 0 Å². The van der Waals surface area contributed by atoms with Crippen molar-refractivity contribution >= 4 is 27.3 Å². The zero-order valence-electron chi connectivity index (χ0n) is 8.68. The maximum atomic E-state index is 3.48. The second-order valence-corrected chi connectivity index (χ2v) is 5.96. The van der Waals surface area contributed by atoms with Crippen molar-refractivity contribution in [3.8, 4) is 0 Å². The summed E-state index contributed by atoms with van der Waals surface area (Å²) in [6.45, 7) is 4.55. The average Bonchev–Trinajstić information content (AvgIpc) is 2.58. The summed E-state index contributed by atoms with van der Waals surface area (Å²) in [5.41, 5.74) is 0. The predicted molar refractivity (Wildman–Crippen MR) is 68.1 cm³/mol. The molecule has 1 aromatic rings. The monoisotopic (exact) mass is 275 g/mol. The Balaban J connectivity index is 1.99. The van der Waals surface area contributed by atoms with Gasteiger partial charge in [-0.25, -0.2) is 0 Å². The summed E-state index contributed by atoms with van der Waals surface area (Å²) in [5, 5.41) is 3.46. The molecule has 1 N–H and O–H groups in total. The number of hydrogen-bond acceptors (Lipinski definition) is 2. The number of rotatable bonds is 7. The van der Waals surface area contributed by atoms with Crippen LogP contribution in [0.25, 0.3) is 0 Å². The van der Waals surface area contributed by atoms with Crippen molar-refractivity contribution in [1.82, 2.24) is 5.32 Å². The van der Waals surface area contributed by atoms with Gasteiger partial charge in [0.2, 0.25) is 0 Å². The standard InChI is InChI=1S/C11H18BrNS/c1-2-3-8-13-9-4-5-10-6-7-11(12)14-10/h6-7,13H,2-5,8-9H2,1H3. The number of halogens is 1. The van der Waals surface area contributed by atoms with E-state index in [2.05, 4.69) is 40.3 Å². The quantitative estimate of drug-likeness (QED) is 0.746. The number of nitrogens with one attached hydrogen (secondary N) is 1. The van der Waals surface area contributed by atoms with Crippen LogP contribution in [0.15, 0.2) is 15.9 Å². The summed E-state index contributed by atoms with van der Waals surface area (Å²) >= 11 is 5.32. The molecule has 0 bridgehead atoms. The van der Waals surface area contributed by atoms with E-state index >= 15 is 0 Å². The van der Waals surface area contributed by atoms with Gasteiger partial charge in [-0.15, -0.1) is 11.3 Å². The van der Waals surface area contributed by atoms with Crippen molar-refractivity contribution in [3.63, 3.8) is 0 Å². The Morgan fingerprint density at radius 1 is 1.29 bits per heavy atom. The Hall–Kier alpha value is 0.140. The molecule has 0 aliphatic rings. The van der Waals surface area contributed by atoms with Crippen molar-refractivity contribution in [2.24, 2.45) is 0 Å². The molecule has 0 amide bonds. The highest BCUT2D eigenvalue weighted by molar-refractivity contribution is 9.11. The maximum absolute atomic E-state index is 3.48. The summed E-state index contributed by atoms with van der Waals surface area (Å²) in [6.07, 6.45) is 5.03. The predicted octanol–water partition coefficient (Wildman–Crippen LogP) is 3.83. The van der Waals surface area contributed by atoms with Gasteiger partial charge in [0.05, 0.1) is 3.79 Å². The molecule has 0 aromatic carbocycles. The summed E-state index contributed by atoms with van der Waals surface area (Å²) in [4.78, 5) is 1.48. The van der Waals surface area contributed by atoms with E-state index in [-0.39, 0.29) is 0 Å². The third-order valence-corrected chi connectivity index (χ3v) is 3.80. The van der Waals surface area contributed by atoms with E-state index in [1.807, 2.05) is 11.3 Å². The largest absolute Gasteiger partial charge is 0.317 e. The lowest BCUT2D eigenvalue weighted by atomic mass is 10.2. The topological polar surface area (TPSA) is 12.0 Å². The van der Waals surface area contributed by atoms with E-state index in [4.69, 9.17) is 0 Å². The summed E-state index contributed by atoms with van der Waals surface area (Å²) < 4.78 is 1.24. The van der Waals surface area contributed by atoms with Crippen LogP contribution in [0.3, 0.4) is 0 Å². The molecule has 0 saturated heterocycles. The van der Waals surface area contributed by atoms with Crippen LogP contribution in [-0.4, -0.2) is 13.1 Å². The minimum absolute atomic E-state index is 1.15. The van der Waals surface area contributed by atoms with Crippen molar-refractivity contribution in [2.45, 2.75) is 32.6 Å². The average molecular weight is 276 g/mol. The molecule has 0 unspecified atom stereocenters. The lowest BCUT2D eigenvalue weighted by molar-refractivity contribution is 0.618. The zero-order valence-corrected chi connectivity index (χ0v) is 11.1. The molecule has 0 fully saturated rings. The molecule has 14 heavy (non-hydrogen) atoms. The molecule has 0 aliphatic carbocycles. The first-order valence-corrected chi connectivity index (χ1v) is 6.89. The van der Waals surface area contributed by atoms with Gasteiger partial charge < -0.3 is 5.32 Å². The van der Waals surface area contributed by atoms with Crippen molar-refractivity contribution in [1.29, 1.82) is 0 Å². The van der Waals surface area contributed by atoms with E-state index in [0.29, 0.717) is 0 Å². The molecule has 3 heteroatoms. The minimum atomic E-state index is 1.15. The molecule has 80 valence electrons. The van der Waals surface area contributed by atoms with E-state index < -0.39 is 0 Å². The molecule has 0 aliphatic heterocycles. The molecular weight excluding hydrogens is 258 g/mol. The van der Waals surface area contributed by atoms with Gasteiger partial charge in [-0.2, -0.15) is 0 Å². The van der Waals surface area contributed by atoms with Gasteiger partial charge in [0, 0.05) is 4.88 Å². The number of aryl methyl sites for hydroxylation is 1. The number of thiophene rings is 1. The molecule has 0 saturated carbocycles. The number of hydrogen-bond donors (Lipinski definition) is 1. The molecule has 1 heterocycles. The smallest absolute Gasteiger partial charge is 0.0701 e. The van der Waals surface area contributed by atoms with Gasteiger partial charge in [0.25, 0.3) is 0 Å². The first kappa shape index (κ1) is 12.2. The number of unbranched alkanes of at least 4 members (excludes halogenated alkanes) is 1. The molecule has 1 rings (SSSR count). The normalized spacial score (nSPS) is 10.7. The van der Waals surface area contributed by atoms with Gasteiger partial charge in [-0.3, -0.25) is 0 Å². The van der Waals surface area contributed by atoms with Crippen LogP contribution in [0.1, 0.15) is 31.1 Å². The fourth-order valence-electron chi connectivity index (χ4n) is 1.30. The molecular formula is C11H18BrNS. The fraction of sp³-hybridized carbons (Fsp3) is 0.636. The van der Waals surface area contributed by atoms with Crippen LogP contribution in [0, 0.1) is 0 Å². The van der Waals surface area contributed by atoms with Crippen LogP contribution in [0.5, 0.6) is 0 Å². The Bertz CT molecular complexity index is 247. The van der Waals surface area contributed by atoms with Crippen LogP contribution >= 0.6 is 27.3 Å². The first-order valence-electron chi connectivity index (χ1n) is 5.28. The minimum Gasteiger partial charge on any atom is -0.317 e. The molecule has 0 spiro atoms. The summed E-state index contributed by atoms with van der Waals surface area (Å²) in [7, 11) is 0. The highest BCUT2D eigenvalue weighted by atomic mass is 79.9. The van der Waals surface area contributed by atoms with Gasteiger partial charge in [-0.1, -0.05) is 13.3 Å². The van der Waals surface area contributed by atoms with Gasteiger partial charge in [0.1, 0.15) is 0 Å². The fourth-order valence-corrected chi connectivity index (χ4v) is 2.83. The Morgan fingerprint density at radius 2 is 2.07 bits per heavy atom. The molecule has 0 atom stereocenters. The Labute approximate surface area is 99.0 Å². The summed E-state index contributed by atoms with van der Waals surface area (Å²) in [5.74, 6) is 0. The SMILES string of the molecule is CCCCNCCCc1ccc(Br)s1. The van der Waals surface area contributed by atoms with Crippen molar-refractivity contribution < 1.29 is 0 Å². The van der Waals surface area contributed by atoms with E-state index in [9.17, 15) is 0 Å². The Kier molecular flexibility index (Phi) is 6.48. The third-order valence-electron chi connectivity index (χ3n) is 2.11. The van der Waals surface area contributed by atoms with E-state index in [1.165, 1.54) is 40.9 Å². The van der Waals surface area contributed by atoms with Crippen LogP contribution in [0.4, 0.5) is 0 Å². The van der Waals surface area contributed by atoms with Crippen LogP contribution in [0.2, 0.25) is 0 Å². The summed E-state index contributed by atoms with van der Waals surface area (Å²) in [6, 6.07) is 4.34. The molecule has 1 aromatic heterocycles. The van der Waals surface area contributed by atoms with Crippen molar-refractivity contribution in [3.05, 3.63) is 20.8 Å². The van der Waals surface area contributed by atoms with E-state index in [0.717, 1.165) is 6.54 Å². The second kappa shape index (κ2) is 7.43. The highest BCUT2D eigenvalue weighted by Crippen LogP contribution is 2.22. The molecule has 0 radical (unpaired) electrons. The lowest BCUT2D eigenvalue weighted by Crippen LogP contribution is -2.16. The van der Waals surface area contributed by atoms with Crippen molar-refractivity contribution in [2.75, 3.05) is 13.1 Å². The van der Waals surface area contributed by atoms with Crippen LogP contribution in [-0.2, 0) is 6.42 Å². The second-order valence-electron chi connectivity index (χ2n) is 3.41. The zero-order chi connectivity index (χ0) is 10.2. The first-order chi connectivity index (χ1) is 6.83. The molecule has 1 nitrogen and oxygen atoms in total.